The van der Waals surface area contributed by atoms with Crippen LogP contribution < -0.4 is 0 Å². The van der Waals surface area contributed by atoms with Gasteiger partial charge in [0, 0.05) is 19.6 Å². The zero-order valence-corrected chi connectivity index (χ0v) is 13.6. The fraction of sp³-hybridized carbons (Fsp3) is 0.467. The molecule has 0 spiro atoms. The molecule has 1 aromatic heterocycles. The summed E-state index contributed by atoms with van der Waals surface area (Å²) in [5, 5.41) is 0. The number of hydrogen-bond donors (Lipinski definition) is 0. The van der Waals surface area contributed by atoms with E-state index in [1.807, 2.05) is 25.2 Å². The molecule has 1 atom stereocenters. The van der Waals surface area contributed by atoms with Crippen molar-refractivity contribution in [2.75, 3.05) is 0 Å². The zero-order chi connectivity index (χ0) is 13.6. The standard InChI is InChI=1S/C15H20OS2/c1-8-10(3)17-11(4)14(8)7-15-9(2)12(5)18(16)13(15)6/h7H2,1-6H3. The Hall–Kier alpha value is -0.670. The molecule has 1 aliphatic rings. The van der Waals surface area contributed by atoms with Crippen LogP contribution in [0, 0.1) is 20.8 Å². The first-order valence-corrected chi connectivity index (χ1v) is 8.16. The molecule has 0 N–H and O–H groups in total. The molecule has 0 bridgehead atoms. The van der Waals surface area contributed by atoms with Gasteiger partial charge in [0.1, 0.15) is 0 Å². The van der Waals surface area contributed by atoms with Crippen LogP contribution in [0.15, 0.2) is 21.0 Å². The van der Waals surface area contributed by atoms with Crippen LogP contribution in [0.5, 0.6) is 0 Å². The average Bonchev–Trinajstić information content (AvgIpc) is 2.66. The van der Waals surface area contributed by atoms with E-state index in [0.29, 0.717) is 0 Å². The number of aryl methyl sites for hydroxylation is 2. The Balaban J connectivity index is 2.45. The summed E-state index contributed by atoms with van der Waals surface area (Å²) in [6, 6.07) is 0. The zero-order valence-electron chi connectivity index (χ0n) is 11.9. The molecule has 0 aromatic carbocycles. The van der Waals surface area contributed by atoms with Crippen molar-refractivity contribution in [2.24, 2.45) is 0 Å². The first-order valence-electron chi connectivity index (χ1n) is 6.19. The van der Waals surface area contributed by atoms with Gasteiger partial charge in [-0.15, -0.1) is 11.3 Å². The summed E-state index contributed by atoms with van der Waals surface area (Å²) in [5.74, 6) is 0. The molecule has 3 heteroatoms. The molecule has 0 saturated heterocycles. The summed E-state index contributed by atoms with van der Waals surface area (Å²) in [6.45, 7) is 12.7. The van der Waals surface area contributed by atoms with Crippen molar-refractivity contribution in [3.8, 4) is 0 Å². The van der Waals surface area contributed by atoms with Crippen LogP contribution in [0.1, 0.15) is 41.7 Å². The first-order chi connectivity index (χ1) is 8.34. The first kappa shape index (κ1) is 13.8. The second-order valence-corrected chi connectivity index (χ2v) is 8.17. The predicted molar refractivity (Wildman–Crippen MR) is 81.5 cm³/mol. The molecule has 0 aliphatic carbocycles. The van der Waals surface area contributed by atoms with Crippen LogP contribution in [0.25, 0.3) is 0 Å². The summed E-state index contributed by atoms with van der Waals surface area (Å²) in [4.78, 5) is 4.88. The lowest BCUT2D eigenvalue weighted by Crippen LogP contribution is -1.95. The fourth-order valence-electron chi connectivity index (χ4n) is 2.49. The third kappa shape index (κ3) is 2.04. The Labute approximate surface area is 116 Å². The van der Waals surface area contributed by atoms with E-state index in [1.54, 1.807) is 0 Å². The van der Waals surface area contributed by atoms with Crippen molar-refractivity contribution < 1.29 is 4.21 Å². The summed E-state index contributed by atoms with van der Waals surface area (Å²) in [7, 11) is -0.890. The Morgan fingerprint density at radius 3 is 1.94 bits per heavy atom. The summed E-state index contributed by atoms with van der Waals surface area (Å²) in [5.41, 5.74) is 5.35. The van der Waals surface area contributed by atoms with Crippen LogP contribution in [0.2, 0.25) is 0 Å². The lowest BCUT2D eigenvalue weighted by atomic mass is 9.96. The molecule has 1 unspecified atom stereocenters. The van der Waals surface area contributed by atoms with Crippen molar-refractivity contribution in [1.82, 2.24) is 0 Å². The van der Waals surface area contributed by atoms with Gasteiger partial charge < -0.3 is 0 Å². The van der Waals surface area contributed by atoms with E-state index in [-0.39, 0.29) is 0 Å². The molecule has 0 saturated carbocycles. The molecule has 0 fully saturated rings. The Kier molecular flexibility index (Phi) is 3.65. The molecule has 0 amide bonds. The van der Waals surface area contributed by atoms with Gasteiger partial charge in [-0.2, -0.15) is 0 Å². The Bertz CT molecular complexity index is 600. The SMILES string of the molecule is CC1=C(C)S(=O)C(C)=C1Cc1c(C)sc(C)c1C. The Morgan fingerprint density at radius 2 is 1.56 bits per heavy atom. The second-order valence-electron chi connectivity index (χ2n) is 4.98. The highest BCUT2D eigenvalue weighted by Gasteiger charge is 2.24. The van der Waals surface area contributed by atoms with E-state index < -0.39 is 10.8 Å². The molecule has 18 heavy (non-hydrogen) atoms. The van der Waals surface area contributed by atoms with E-state index >= 15 is 0 Å². The van der Waals surface area contributed by atoms with Crippen molar-refractivity contribution in [1.29, 1.82) is 0 Å². The largest absolute Gasteiger partial charge is 0.250 e. The number of hydrogen-bond acceptors (Lipinski definition) is 2. The maximum Gasteiger partial charge on any atom is 0.0767 e. The third-order valence-electron chi connectivity index (χ3n) is 4.03. The van der Waals surface area contributed by atoms with E-state index in [1.165, 1.54) is 32.0 Å². The quantitative estimate of drug-likeness (QED) is 0.777. The van der Waals surface area contributed by atoms with Gasteiger partial charge in [0.05, 0.1) is 10.8 Å². The van der Waals surface area contributed by atoms with Crippen LogP contribution in [-0.4, -0.2) is 4.21 Å². The lowest BCUT2D eigenvalue weighted by Gasteiger charge is -2.07. The van der Waals surface area contributed by atoms with Gasteiger partial charge in [-0.3, -0.25) is 0 Å². The minimum absolute atomic E-state index is 0.890. The smallest absolute Gasteiger partial charge is 0.0767 e. The molecule has 1 nitrogen and oxygen atoms in total. The van der Waals surface area contributed by atoms with Crippen LogP contribution in [0.3, 0.4) is 0 Å². The summed E-state index contributed by atoms with van der Waals surface area (Å²) >= 11 is 1.87. The molecule has 1 aromatic rings. The Morgan fingerprint density at radius 1 is 0.944 bits per heavy atom. The van der Waals surface area contributed by atoms with E-state index in [9.17, 15) is 4.21 Å². The minimum Gasteiger partial charge on any atom is -0.250 e. The topological polar surface area (TPSA) is 17.1 Å². The van der Waals surface area contributed by atoms with E-state index in [0.717, 1.165) is 16.2 Å². The van der Waals surface area contributed by atoms with Gasteiger partial charge in [0.15, 0.2) is 0 Å². The molecule has 2 rings (SSSR count). The lowest BCUT2D eigenvalue weighted by molar-refractivity contribution is 0.690. The maximum absolute atomic E-state index is 12.1. The molecular formula is C15H20OS2. The van der Waals surface area contributed by atoms with Crippen molar-refractivity contribution >= 4 is 22.1 Å². The van der Waals surface area contributed by atoms with E-state index in [4.69, 9.17) is 0 Å². The van der Waals surface area contributed by atoms with E-state index in [2.05, 4.69) is 27.7 Å². The maximum atomic E-state index is 12.1. The number of thiophene rings is 1. The highest BCUT2D eigenvalue weighted by atomic mass is 32.2. The number of rotatable bonds is 2. The van der Waals surface area contributed by atoms with Gasteiger partial charge >= 0.3 is 0 Å². The summed E-state index contributed by atoms with van der Waals surface area (Å²) < 4.78 is 12.1. The summed E-state index contributed by atoms with van der Waals surface area (Å²) in [6.07, 6.45) is 0.933. The van der Waals surface area contributed by atoms with Gasteiger partial charge in [-0.1, -0.05) is 0 Å². The second kappa shape index (κ2) is 4.78. The van der Waals surface area contributed by atoms with Gasteiger partial charge in [0.2, 0.25) is 0 Å². The fourth-order valence-corrected chi connectivity index (χ4v) is 4.89. The van der Waals surface area contributed by atoms with Crippen LogP contribution >= 0.6 is 11.3 Å². The average molecular weight is 280 g/mol. The van der Waals surface area contributed by atoms with Crippen molar-refractivity contribution in [3.63, 3.8) is 0 Å². The minimum atomic E-state index is -0.890. The molecular weight excluding hydrogens is 260 g/mol. The van der Waals surface area contributed by atoms with Gasteiger partial charge in [-0.05, 0) is 70.2 Å². The molecule has 98 valence electrons. The van der Waals surface area contributed by atoms with Crippen molar-refractivity contribution in [3.05, 3.63) is 41.8 Å². The normalized spacial score (nSPS) is 20.2. The third-order valence-corrected chi connectivity index (χ3v) is 6.86. The monoisotopic (exact) mass is 280 g/mol. The molecule has 2 heterocycles. The van der Waals surface area contributed by atoms with Gasteiger partial charge in [0.25, 0.3) is 0 Å². The number of allylic oxidation sites excluding steroid dienone is 4. The highest BCUT2D eigenvalue weighted by Crippen LogP contribution is 2.37. The molecule has 0 radical (unpaired) electrons. The highest BCUT2D eigenvalue weighted by molar-refractivity contribution is 7.93. The molecule has 1 aliphatic heterocycles. The predicted octanol–water partition coefficient (Wildman–Crippen LogP) is 4.55. The van der Waals surface area contributed by atoms with Crippen LogP contribution in [0.4, 0.5) is 0 Å². The van der Waals surface area contributed by atoms with Crippen molar-refractivity contribution in [2.45, 2.75) is 48.0 Å². The van der Waals surface area contributed by atoms with Crippen LogP contribution in [-0.2, 0) is 17.2 Å². The van der Waals surface area contributed by atoms with Gasteiger partial charge in [-0.25, -0.2) is 4.21 Å².